The Balaban J connectivity index is 1.26. The molecule has 0 spiro atoms. The largest absolute Gasteiger partial charge is 0.459 e. The Morgan fingerprint density at radius 3 is 2.50 bits per heavy atom. The molecule has 0 unspecified atom stereocenters. The third kappa shape index (κ3) is 5.94. The van der Waals surface area contributed by atoms with Gasteiger partial charge in [-0.3, -0.25) is 0 Å². The molecule has 1 aliphatic heterocycles. The zero-order valence-electron chi connectivity index (χ0n) is 19.7. The van der Waals surface area contributed by atoms with Crippen molar-refractivity contribution in [1.29, 1.82) is 0 Å². The highest BCUT2D eigenvalue weighted by atomic mass is 16.5. The zero-order chi connectivity index (χ0) is 24.7. The minimum Gasteiger partial charge on any atom is -0.459 e. The average molecular weight is 484 g/mol. The Kier molecular flexibility index (Phi) is 6.99. The predicted molar refractivity (Wildman–Crippen MR) is 134 cm³/mol. The van der Waals surface area contributed by atoms with Gasteiger partial charge in [-0.15, -0.1) is 0 Å². The minimum absolute atomic E-state index is 0.0709. The topological polar surface area (TPSA) is 140 Å². The van der Waals surface area contributed by atoms with E-state index in [1.54, 1.807) is 42.9 Å². The fourth-order valence-electron chi connectivity index (χ4n) is 3.71. The molecule has 0 radical (unpaired) electrons. The van der Waals surface area contributed by atoms with Crippen molar-refractivity contribution in [3.63, 3.8) is 0 Å². The summed E-state index contributed by atoms with van der Waals surface area (Å²) in [6.45, 7) is 3.62. The molecule has 0 atom stereocenters. The van der Waals surface area contributed by atoms with Gasteiger partial charge in [0.25, 0.3) is 0 Å². The van der Waals surface area contributed by atoms with Crippen LogP contribution < -0.4 is 16.0 Å². The van der Waals surface area contributed by atoms with Crippen molar-refractivity contribution in [2.75, 3.05) is 23.7 Å². The number of nitrogens with one attached hydrogen (secondary N) is 3. The minimum atomic E-state index is -0.369. The number of piperidine rings is 1. The van der Waals surface area contributed by atoms with Crippen LogP contribution in [0.3, 0.4) is 0 Å². The Hall–Kier alpha value is -4.51. The number of esters is 1. The third-order valence-electron chi connectivity index (χ3n) is 5.48. The van der Waals surface area contributed by atoms with Gasteiger partial charge in [-0.2, -0.15) is 4.98 Å². The lowest BCUT2D eigenvalue weighted by atomic mass is 10.1. The maximum absolute atomic E-state index is 12.6. The van der Waals surface area contributed by atoms with Crippen molar-refractivity contribution < 1.29 is 9.53 Å². The first-order valence-electron chi connectivity index (χ1n) is 11.6. The van der Waals surface area contributed by atoms with E-state index in [2.05, 4.69) is 45.9 Å². The lowest BCUT2D eigenvalue weighted by molar-refractivity contribution is 0.0229. The number of anilines is 4. The van der Waals surface area contributed by atoms with Crippen molar-refractivity contribution in [2.45, 2.75) is 25.9 Å². The number of hydrogen-bond donors (Lipinski definition) is 3. The SMILES string of the molecule is Cc1cccc(-c2nccc(Nc3ccnc(Nc4cc(C(=O)OC5CCNCC5)ccn4)n3)n2)n1. The van der Waals surface area contributed by atoms with Crippen LogP contribution in [0.15, 0.2) is 61.1 Å². The monoisotopic (exact) mass is 483 g/mol. The van der Waals surface area contributed by atoms with Crippen molar-refractivity contribution in [1.82, 2.24) is 35.2 Å². The molecule has 1 aliphatic rings. The highest BCUT2D eigenvalue weighted by Gasteiger charge is 2.19. The van der Waals surface area contributed by atoms with Gasteiger partial charge in [0, 0.05) is 24.3 Å². The van der Waals surface area contributed by atoms with Crippen LogP contribution in [0.5, 0.6) is 0 Å². The summed E-state index contributed by atoms with van der Waals surface area (Å²) in [5, 5.41) is 9.45. The molecule has 4 aromatic rings. The number of pyridine rings is 2. The van der Waals surface area contributed by atoms with Crippen LogP contribution in [0.25, 0.3) is 11.5 Å². The Labute approximate surface area is 207 Å². The number of aryl methyl sites for hydroxylation is 1. The number of ether oxygens (including phenoxy) is 1. The van der Waals surface area contributed by atoms with Gasteiger partial charge in [-0.25, -0.2) is 29.7 Å². The molecule has 1 saturated heterocycles. The molecule has 3 N–H and O–H groups in total. The Morgan fingerprint density at radius 1 is 0.889 bits per heavy atom. The van der Waals surface area contributed by atoms with Gasteiger partial charge in [-0.05, 0) is 69.3 Å². The van der Waals surface area contributed by atoms with E-state index in [-0.39, 0.29) is 12.1 Å². The van der Waals surface area contributed by atoms with Gasteiger partial charge < -0.3 is 20.7 Å². The molecule has 11 nitrogen and oxygen atoms in total. The van der Waals surface area contributed by atoms with Crippen LogP contribution >= 0.6 is 0 Å². The van der Waals surface area contributed by atoms with Crippen LogP contribution in [0.1, 0.15) is 28.9 Å². The third-order valence-corrected chi connectivity index (χ3v) is 5.48. The highest BCUT2D eigenvalue weighted by Crippen LogP contribution is 2.19. The summed E-state index contributed by atoms with van der Waals surface area (Å²) in [6.07, 6.45) is 6.37. The van der Waals surface area contributed by atoms with Gasteiger partial charge in [0.05, 0.1) is 5.56 Å². The lowest BCUT2D eigenvalue weighted by Crippen LogP contribution is -2.33. The highest BCUT2D eigenvalue weighted by molar-refractivity contribution is 5.90. The molecule has 0 aliphatic carbocycles. The first-order valence-corrected chi connectivity index (χ1v) is 11.6. The van der Waals surface area contributed by atoms with Gasteiger partial charge in [-0.1, -0.05) is 6.07 Å². The first kappa shape index (κ1) is 23.2. The van der Waals surface area contributed by atoms with Crippen LogP contribution in [0, 0.1) is 6.92 Å². The molecular weight excluding hydrogens is 458 g/mol. The van der Waals surface area contributed by atoms with Gasteiger partial charge >= 0.3 is 5.97 Å². The summed E-state index contributed by atoms with van der Waals surface area (Å²) in [6, 6.07) is 12.4. The van der Waals surface area contributed by atoms with Crippen molar-refractivity contribution in [2.24, 2.45) is 0 Å². The quantitative estimate of drug-likeness (QED) is 0.333. The first-order chi connectivity index (χ1) is 17.6. The van der Waals surface area contributed by atoms with E-state index in [4.69, 9.17) is 4.74 Å². The summed E-state index contributed by atoms with van der Waals surface area (Å²) < 4.78 is 5.62. The van der Waals surface area contributed by atoms with Gasteiger partial charge in [0.1, 0.15) is 29.3 Å². The van der Waals surface area contributed by atoms with Crippen LogP contribution in [0.4, 0.5) is 23.4 Å². The summed E-state index contributed by atoms with van der Waals surface area (Å²) in [5.74, 6) is 1.97. The molecule has 5 rings (SSSR count). The van der Waals surface area contributed by atoms with E-state index in [0.29, 0.717) is 40.5 Å². The molecular formula is C25H25N9O2. The van der Waals surface area contributed by atoms with Crippen LogP contribution in [0.2, 0.25) is 0 Å². The fourth-order valence-corrected chi connectivity index (χ4v) is 3.71. The fraction of sp³-hybridized carbons (Fsp3) is 0.240. The van der Waals surface area contributed by atoms with E-state index >= 15 is 0 Å². The number of carbonyl (C=O) groups excluding carboxylic acids is 1. The average Bonchev–Trinajstić information content (AvgIpc) is 2.90. The van der Waals surface area contributed by atoms with Gasteiger partial charge in [0.15, 0.2) is 5.82 Å². The lowest BCUT2D eigenvalue weighted by Gasteiger charge is -2.22. The van der Waals surface area contributed by atoms with Crippen LogP contribution in [-0.4, -0.2) is 55.1 Å². The second kappa shape index (κ2) is 10.8. The summed E-state index contributed by atoms with van der Waals surface area (Å²) >= 11 is 0. The molecule has 0 bridgehead atoms. The van der Waals surface area contributed by atoms with E-state index in [1.807, 2.05) is 25.1 Å². The Morgan fingerprint density at radius 2 is 1.67 bits per heavy atom. The molecule has 1 fully saturated rings. The number of rotatable bonds is 7. The summed E-state index contributed by atoms with van der Waals surface area (Å²) in [4.78, 5) is 38.9. The van der Waals surface area contributed by atoms with E-state index in [1.165, 1.54) is 0 Å². The molecule has 182 valence electrons. The second-order valence-electron chi connectivity index (χ2n) is 8.23. The molecule has 4 aromatic heterocycles. The maximum Gasteiger partial charge on any atom is 0.338 e. The van der Waals surface area contributed by atoms with Gasteiger partial charge in [0.2, 0.25) is 5.95 Å². The molecule has 0 aromatic carbocycles. The normalized spacial score (nSPS) is 13.7. The molecule has 0 amide bonds. The van der Waals surface area contributed by atoms with Crippen molar-refractivity contribution >= 4 is 29.4 Å². The standard InChI is InChI=1S/C25H25N9O2/c1-16-3-2-4-19(30-16)23-28-13-8-20(32-23)31-21-9-14-29-25(33-21)34-22-15-17(5-12-27-22)24(35)36-18-6-10-26-11-7-18/h2-5,8-9,12-15,18,26H,6-7,10-11H2,1H3,(H2,27,28,29,31,32,33,34). The maximum atomic E-state index is 12.6. The number of hydrogen-bond acceptors (Lipinski definition) is 11. The zero-order valence-corrected chi connectivity index (χ0v) is 19.7. The summed E-state index contributed by atoms with van der Waals surface area (Å²) in [7, 11) is 0. The van der Waals surface area contributed by atoms with Crippen LogP contribution in [-0.2, 0) is 4.74 Å². The molecule has 36 heavy (non-hydrogen) atoms. The summed E-state index contributed by atoms with van der Waals surface area (Å²) in [5.41, 5.74) is 1.99. The predicted octanol–water partition coefficient (Wildman–Crippen LogP) is 3.43. The molecule has 0 saturated carbocycles. The number of carbonyl (C=O) groups is 1. The number of nitrogens with zero attached hydrogens (tertiary/aromatic N) is 6. The van der Waals surface area contributed by atoms with E-state index in [0.717, 1.165) is 31.6 Å². The smallest absolute Gasteiger partial charge is 0.338 e. The van der Waals surface area contributed by atoms with E-state index < -0.39 is 0 Å². The second-order valence-corrected chi connectivity index (χ2v) is 8.23. The van der Waals surface area contributed by atoms with Crippen molar-refractivity contribution in [3.05, 3.63) is 72.3 Å². The Bertz CT molecular complexity index is 1360. The van der Waals surface area contributed by atoms with E-state index in [9.17, 15) is 4.79 Å². The molecule has 11 heteroatoms. The van der Waals surface area contributed by atoms with Crippen molar-refractivity contribution in [3.8, 4) is 11.5 Å². The number of aromatic nitrogens is 6. The molecule has 5 heterocycles.